The lowest BCUT2D eigenvalue weighted by atomic mass is 10.3. The van der Waals surface area contributed by atoms with Gasteiger partial charge in [-0.3, -0.25) is 9.78 Å². The SMILES string of the molecule is O=C(COc1ccccc1)N1CCN(c2ccc(Nc3ccncc3)nn2)CC1. The molecular formula is C21H22N6O2. The lowest BCUT2D eigenvalue weighted by molar-refractivity contribution is -0.133. The molecule has 148 valence electrons. The van der Waals surface area contributed by atoms with Crippen LogP contribution in [0, 0.1) is 0 Å². The van der Waals surface area contributed by atoms with Crippen LogP contribution >= 0.6 is 0 Å². The molecule has 1 aliphatic rings. The molecule has 3 aromatic rings. The lowest BCUT2D eigenvalue weighted by Gasteiger charge is -2.35. The fraction of sp³-hybridized carbons (Fsp3) is 0.238. The molecular weight excluding hydrogens is 368 g/mol. The second-order valence-electron chi connectivity index (χ2n) is 6.61. The summed E-state index contributed by atoms with van der Waals surface area (Å²) in [5.41, 5.74) is 0.909. The van der Waals surface area contributed by atoms with Crippen molar-refractivity contribution < 1.29 is 9.53 Å². The van der Waals surface area contributed by atoms with E-state index in [4.69, 9.17) is 4.74 Å². The van der Waals surface area contributed by atoms with Gasteiger partial charge in [-0.15, -0.1) is 10.2 Å². The number of carbonyl (C=O) groups excluding carboxylic acids is 1. The first-order valence-corrected chi connectivity index (χ1v) is 9.49. The molecule has 29 heavy (non-hydrogen) atoms. The van der Waals surface area contributed by atoms with Gasteiger partial charge in [0.2, 0.25) is 0 Å². The molecule has 0 unspecified atom stereocenters. The molecule has 1 aliphatic heterocycles. The number of rotatable bonds is 6. The smallest absolute Gasteiger partial charge is 0.260 e. The molecule has 0 bridgehead atoms. The van der Waals surface area contributed by atoms with Crippen LogP contribution in [0.4, 0.5) is 17.3 Å². The number of carbonyl (C=O) groups is 1. The van der Waals surface area contributed by atoms with E-state index < -0.39 is 0 Å². The Hall–Kier alpha value is -3.68. The quantitative estimate of drug-likeness (QED) is 0.692. The Morgan fingerprint density at radius 1 is 0.931 bits per heavy atom. The van der Waals surface area contributed by atoms with Gasteiger partial charge in [0.05, 0.1) is 0 Å². The van der Waals surface area contributed by atoms with Crippen LogP contribution in [0.2, 0.25) is 0 Å². The van der Waals surface area contributed by atoms with Crippen molar-refractivity contribution in [2.75, 3.05) is 43.0 Å². The molecule has 0 saturated carbocycles. The van der Waals surface area contributed by atoms with E-state index in [1.807, 2.05) is 59.5 Å². The van der Waals surface area contributed by atoms with Crippen LogP contribution in [-0.2, 0) is 4.79 Å². The van der Waals surface area contributed by atoms with Crippen LogP contribution in [0.3, 0.4) is 0 Å². The number of hydrogen-bond acceptors (Lipinski definition) is 7. The van der Waals surface area contributed by atoms with Gasteiger partial charge in [0.25, 0.3) is 5.91 Å². The number of ether oxygens (including phenoxy) is 1. The van der Waals surface area contributed by atoms with Crippen LogP contribution < -0.4 is 15.0 Å². The largest absolute Gasteiger partial charge is 0.484 e. The zero-order valence-corrected chi connectivity index (χ0v) is 15.9. The Labute approximate surface area is 169 Å². The number of amides is 1. The number of benzene rings is 1. The van der Waals surface area contributed by atoms with E-state index in [1.165, 1.54) is 0 Å². The monoisotopic (exact) mass is 390 g/mol. The van der Waals surface area contributed by atoms with E-state index in [-0.39, 0.29) is 12.5 Å². The fourth-order valence-electron chi connectivity index (χ4n) is 3.08. The molecule has 1 fully saturated rings. The third-order valence-corrected chi connectivity index (χ3v) is 4.67. The first-order valence-electron chi connectivity index (χ1n) is 9.49. The van der Waals surface area contributed by atoms with Crippen molar-refractivity contribution in [1.29, 1.82) is 0 Å². The Kier molecular flexibility index (Phi) is 5.80. The molecule has 1 saturated heterocycles. The fourth-order valence-corrected chi connectivity index (χ4v) is 3.08. The molecule has 0 aliphatic carbocycles. The molecule has 4 rings (SSSR count). The summed E-state index contributed by atoms with van der Waals surface area (Å²) >= 11 is 0. The van der Waals surface area contributed by atoms with Gasteiger partial charge in [-0.1, -0.05) is 18.2 Å². The van der Waals surface area contributed by atoms with E-state index >= 15 is 0 Å². The summed E-state index contributed by atoms with van der Waals surface area (Å²) in [5.74, 6) is 2.18. The number of para-hydroxylation sites is 1. The number of piperazine rings is 1. The van der Waals surface area contributed by atoms with Gasteiger partial charge in [-0.25, -0.2) is 0 Å². The summed E-state index contributed by atoms with van der Waals surface area (Å²) in [7, 11) is 0. The molecule has 8 nitrogen and oxygen atoms in total. The van der Waals surface area contributed by atoms with Crippen LogP contribution in [0.1, 0.15) is 0 Å². The van der Waals surface area contributed by atoms with Gasteiger partial charge in [-0.05, 0) is 36.4 Å². The molecule has 3 heterocycles. The third-order valence-electron chi connectivity index (χ3n) is 4.67. The minimum Gasteiger partial charge on any atom is -0.484 e. The summed E-state index contributed by atoms with van der Waals surface area (Å²) in [6, 6.07) is 16.9. The second kappa shape index (κ2) is 9.01. The minimum absolute atomic E-state index is 0.00325. The minimum atomic E-state index is -0.00325. The van der Waals surface area contributed by atoms with Gasteiger partial charge in [0.15, 0.2) is 18.2 Å². The van der Waals surface area contributed by atoms with Crippen molar-refractivity contribution in [2.45, 2.75) is 0 Å². The van der Waals surface area contributed by atoms with E-state index in [0.29, 0.717) is 37.7 Å². The molecule has 2 aromatic heterocycles. The summed E-state index contributed by atoms with van der Waals surface area (Å²) in [6.45, 7) is 2.75. The van der Waals surface area contributed by atoms with Crippen LogP contribution in [0.25, 0.3) is 0 Å². The summed E-state index contributed by atoms with van der Waals surface area (Å²) in [5, 5.41) is 11.7. The van der Waals surface area contributed by atoms with Gasteiger partial charge in [-0.2, -0.15) is 0 Å². The molecule has 1 aromatic carbocycles. The number of aromatic nitrogens is 3. The summed E-state index contributed by atoms with van der Waals surface area (Å²) < 4.78 is 5.56. The molecule has 1 N–H and O–H groups in total. The maximum absolute atomic E-state index is 12.4. The predicted molar refractivity (Wildman–Crippen MR) is 110 cm³/mol. The summed E-state index contributed by atoms with van der Waals surface area (Å²) in [6.07, 6.45) is 3.44. The van der Waals surface area contributed by atoms with Gasteiger partial charge >= 0.3 is 0 Å². The van der Waals surface area contributed by atoms with Crippen LogP contribution in [0.15, 0.2) is 67.0 Å². The highest BCUT2D eigenvalue weighted by Gasteiger charge is 2.22. The summed E-state index contributed by atoms with van der Waals surface area (Å²) in [4.78, 5) is 20.3. The first-order chi connectivity index (χ1) is 14.3. The lowest BCUT2D eigenvalue weighted by Crippen LogP contribution is -2.50. The van der Waals surface area contributed by atoms with E-state index in [1.54, 1.807) is 12.4 Å². The number of hydrogen-bond donors (Lipinski definition) is 1. The third kappa shape index (κ3) is 4.98. The Bertz CT molecular complexity index is 913. The predicted octanol–water partition coefficient (Wildman–Crippen LogP) is 2.34. The topological polar surface area (TPSA) is 83.5 Å². The number of pyridine rings is 1. The number of nitrogens with zero attached hydrogens (tertiary/aromatic N) is 5. The van der Waals surface area contributed by atoms with Crippen molar-refractivity contribution in [3.8, 4) is 5.75 Å². The zero-order valence-electron chi connectivity index (χ0n) is 15.9. The molecule has 0 atom stereocenters. The van der Waals surface area contributed by atoms with Crippen LogP contribution in [0.5, 0.6) is 5.75 Å². The maximum Gasteiger partial charge on any atom is 0.260 e. The van der Waals surface area contributed by atoms with E-state index in [9.17, 15) is 4.79 Å². The Balaban J connectivity index is 1.26. The molecule has 0 spiro atoms. The average molecular weight is 390 g/mol. The van der Waals surface area contributed by atoms with E-state index in [2.05, 4.69) is 25.4 Å². The molecule has 8 heteroatoms. The van der Waals surface area contributed by atoms with Crippen molar-refractivity contribution in [3.05, 3.63) is 67.0 Å². The maximum atomic E-state index is 12.4. The standard InChI is InChI=1S/C21H22N6O2/c28-21(16-29-18-4-2-1-3-5-18)27-14-12-26(13-15-27)20-7-6-19(24-25-20)23-17-8-10-22-11-9-17/h1-11H,12-16H2,(H,22,23,24). The molecule has 0 radical (unpaired) electrons. The van der Waals surface area contributed by atoms with Crippen molar-refractivity contribution in [3.63, 3.8) is 0 Å². The zero-order chi connectivity index (χ0) is 19.9. The van der Waals surface area contributed by atoms with Crippen LogP contribution in [-0.4, -0.2) is 58.8 Å². The second-order valence-corrected chi connectivity index (χ2v) is 6.61. The number of anilines is 3. The van der Waals surface area contributed by atoms with Gasteiger partial charge < -0.3 is 19.9 Å². The number of nitrogens with one attached hydrogen (secondary N) is 1. The Morgan fingerprint density at radius 3 is 2.38 bits per heavy atom. The first kappa shape index (κ1) is 18.7. The normalized spacial score (nSPS) is 13.8. The average Bonchev–Trinajstić information content (AvgIpc) is 2.79. The highest BCUT2D eigenvalue weighted by molar-refractivity contribution is 5.78. The highest BCUT2D eigenvalue weighted by atomic mass is 16.5. The van der Waals surface area contributed by atoms with Crippen molar-refractivity contribution in [2.24, 2.45) is 0 Å². The highest BCUT2D eigenvalue weighted by Crippen LogP contribution is 2.17. The van der Waals surface area contributed by atoms with Crippen molar-refractivity contribution in [1.82, 2.24) is 20.1 Å². The van der Waals surface area contributed by atoms with Gasteiger partial charge in [0, 0.05) is 44.3 Å². The molecule has 1 amide bonds. The Morgan fingerprint density at radius 2 is 1.69 bits per heavy atom. The van der Waals surface area contributed by atoms with Crippen molar-refractivity contribution >= 4 is 23.2 Å². The van der Waals surface area contributed by atoms with Gasteiger partial charge in [0.1, 0.15) is 5.75 Å². The van der Waals surface area contributed by atoms with E-state index in [0.717, 1.165) is 11.5 Å².